The number of imidazole rings is 3. The molecule has 0 unspecified atom stereocenters. The molecule has 0 saturated carbocycles. The van der Waals surface area contributed by atoms with Gasteiger partial charge in [-0.3, -0.25) is 0 Å². The molecule has 3 aromatic heterocycles. The Hall–Kier alpha value is -4.63. The number of rotatable bonds is 11. The maximum Gasteiger partial charge on any atom is 0.129 e. The third kappa shape index (κ3) is 5.40. The van der Waals surface area contributed by atoms with E-state index in [9.17, 15) is 0 Å². The predicted octanol–water partition coefficient (Wildman–Crippen LogP) is 4.97. The number of benzene rings is 3. The molecule has 0 spiro atoms. The first-order valence-corrected chi connectivity index (χ1v) is 13.9. The van der Waals surface area contributed by atoms with E-state index in [1.165, 1.54) is 0 Å². The smallest absolute Gasteiger partial charge is 0.129 e. The Morgan fingerprint density at radius 2 is 0.951 bits per heavy atom. The molecule has 210 valence electrons. The molecule has 0 saturated heterocycles. The number of aromatic nitrogens is 6. The fraction of sp³-hybridized carbons (Fsp3) is 0.281. The van der Waals surface area contributed by atoms with Gasteiger partial charge in [-0.15, -0.1) is 0 Å². The zero-order chi connectivity index (χ0) is 28.3. The van der Waals surface area contributed by atoms with Crippen LogP contribution in [-0.4, -0.2) is 58.7 Å². The summed E-state index contributed by atoms with van der Waals surface area (Å²) in [6.45, 7) is 3.29. The van der Waals surface area contributed by atoms with E-state index in [4.69, 9.17) is 19.7 Å². The first-order chi connectivity index (χ1) is 20.0. The van der Waals surface area contributed by atoms with Crippen molar-refractivity contribution in [1.29, 1.82) is 0 Å². The average molecular weight is 549 g/mol. The van der Waals surface area contributed by atoms with Gasteiger partial charge in [-0.1, -0.05) is 36.4 Å². The third-order valence-corrected chi connectivity index (χ3v) is 7.74. The van der Waals surface area contributed by atoms with E-state index >= 15 is 0 Å². The molecule has 6 rings (SSSR count). The van der Waals surface area contributed by atoms with Crippen LogP contribution in [0.1, 0.15) is 17.5 Å². The number of ether oxygens (including phenoxy) is 1. The summed E-state index contributed by atoms with van der Waals surface area (Å²) >= 11 is 0. The van der Waals surface area contributed by atoms with Crippen molar-refractivity contribution < 1.29 is 4.74 Å². The molecule has 0 aliphatic rings. The van der Waals surface area contributed by atoms with E-state index < -0.39 is 0 Å². The van der Waals surface area contributed by atoms with E-state index in [1.807, 2.05) is 18.2 Å². The fourth-order valence-corrected chi connectivity index (χ4v) is 5.32. The SMILES string of the molecule is COCCN(/C=C/N(Cc1nc2ccccc2n1C)Cc1nc2ccccc2n1C)Cc1nc2ccccc2n1C. The van der Waals surface area contributed by atoms with Gasteiger partial charge in [0.05, 0.1) is 59.3 Å². The van der Waals surface area contributed by atoms with Crippen LogP contribution in [0.2, 0.25) is 0 Å². The van der Waals surface area contributed by atoms with Gasteiger partial charge in [-0.25, -0.2) is 15.0 Å². The van der Waals surface area contributed by atoms with Crippen LogP contribution in [0.4, 0.5) is 0 Å². The Morgan fingerprint density at radius 1 is 0.585 bits per heavy atom. The number of aryl methyl sites for hydroxylation is 3. The van der Waals surface area contributed by atoms with Crippen LogP contribution in [0.15, 0.2) is 85.2 Å². The van der Waals surface area contributed by atoms with Crippen LogP contribution in [0.5, 0.6) is 0 Å². The van der Waals surface area contributed by atoms with Gasteiger partial charge in [0.2, 0.25) is 0 Å². The first kappa shape index (κ1) is 26.6. The van der Waals surface area contributed by atoms with Gasteiger partial charge in [0, 0.05) is 47.2 Å². The molecule has 9 nitrogen and oxygen atoms in total. The van der Waals surface area contributed by atoms with E-state index in [1.54, 1.807) is 7.11 Å². The zero-order valence-corrected chi connectivity index (χ0v) is 24.1. The van der Waals surface area contributed by atoms with E-state index in [0.717, 1.165) is 57.1 Å². The Bertz CT molecular complexity index is 1750. The molecule has 6 aromatic rings. The van der Waals surface area contributed by atoms with Gasteiger partial charge in [0.15, 0.2) is 0 Å². The summed E-state index contributed by atoms with van der Waals surface area (Å²) in [5, 5.41) is 0. The molecule has 0 fully saturated rings. The largest absolute Gasteiger partial charge is 0.383 e. The van der Waals surface area contributed by atoms with Crippen molar-refractivity contribution >= 4 is 33.1 Å². The molecule has 0 aliphatic heterocycles. The van der Waals surface area contributed by atoms with Gasteiger partial charge in [0.25, 0.3) is 0 Å². The van der Waals surface area contributed by atoms with Gasteiger partial charge in [0.1, 0.15) is 17.5 Å². The maximum atomic E-state index is 5.45. The van der Waals surface area contributed by atoms with Crippen molar-refractivity contribution in [1.82, 2.24) is 38.5 Å². The Morgan fingerprint density at radius 3 is 1.34 bits per heavy atom. The van der Waals surface area contributed by atoms with Gasteiger partial charge in [-0.05, 0) is 36.4 Å². The monoisotopic (exact) mass is 548 g/mol. The molecular formula is C32H36N8O. The second-order valence-corrected chi connectivity index (χ2v) is 10.4. The fourth-order valence-electron chi connectivity index (χ4n) is 5.32. The lowest BCUT2D eigenvalue weighted by molar-refractivity contribution is 0.164. The second-order valence-electron chi connectivity index (χ2n) is 10.4. The standard InChI is InChI=1S/C32H36N8O/c1-36-27-14-8-5-11-24(27)33-30(36)21-39(19-20-41-4)17-18-40(22-31-34-25-12-6-9-15-28(25)37(31)2)23-32-35-26-13-7-10-16-29(26)38(32)3/h5-18H,19-23H2,1-4H3/b18-17+. The van der Waals surface area contributed by atoms with Crippen LogP contribution in [0.25, 0.3) is 33.1 Å². The Balaban J connectivity index is 1.32. The lowest BCUT2D eigenvalue weighted by atomic mass is 10.3. The molecule has 3 heterocycles. The summed E-state index contributed by atoms with van der Waals surface area (Å²) in [5.74, 6) is 2.99. The van der Waals surface area contributed by atoms with Crippen LogP contribution in [0, 0.1) is 0 Å². The molecule has 0 radical (unpaired) electrons. The van der Waals surface area contributed by atoms with Crippen LogP contribution >= 0.6 is 0 Å². The molecule has 0 atom stereocenters. The molecule has 0 amide bonds. The number of fused-ring (bicyclic) bond motifs is 3. The minimum absolute atomic E-state index is 0.615. The van der Waals surface area contributed by atoms with E-state index in [0.29, 0.717) is 26.2 Å². The molecule has 0 N–H and O–H groups in total. The molecule has 9 heteroatoms. The Labute approximate surface area is 239 Å². The molecule has 3 aromatic carbocycles. The van der Waals surface area contributed by atoms with Gasteiger partial charge >= 0.3 is 0 Å². The quantitative estimate of drug-likeness (QED) is 0.228. The summed E-state index contributed by atoms with van der Waals surface area (Å²) in [4.78, 5) is 19.3. The van der Waals surface area contributed by atoms with E-state index in [2.05, 4.69) is 112 Å². The molecule has 41 heavy (non-hydrogen) atoms. The highest BCUT2D eigenvalue weighted by atomic mass is 16.5. The summed E-state index contributed by atoms with van der Waals surface area (Å²) < 4.78 is 12.0. The summed E-state index contributed by atoms with van der Waals surface area (Å²) in [5.41, 5.74) is 6.38. The van der Waals surface area contributed by atoms with Crippen molar-refractivity contribution in [3.8, 4) is 0 Å². The molecule has 0 aliphatic carbocycles. The number of para-hydroxylation sites is 6. The minimum atomic E-state index is 0.615. The van der Waals surface area contributed by atoms with Crippen molar-refractivity contribution in [3.63, 3.8) is 0 Å². The normalized spacial score (nSPS) is 11.9. The van der Waals surface area contributed by atoms with Crippen molar-refractivity contribution in [3.05, 3.63) is 103 Å². The predicted molar refractivity (Wildman–Crippen MR) is 163 cm³/mol. The molecule has 0 bridgehead atoms. The average Bonchev–Trinajstić information content (AvgIpc) is 3.60. The van der Waals surface area contributed by atoms with E-state index in [-0.39, 0.29) is 0 Å². The second kappa shape index (κ2) is 11.5. The van der Waals surface area contributed by atoms with Crippen molar-refractivity contribution in [2.75, 3.05) is 20.3 Å². The highest BCUT2D eigenvalue weighted by Crippen LogP contribution is 2.20. The van der Waals surface area contributed by atoms with Crippen LogP contribution in [-0.2, 0) is 45.5 Å². The third-order valence-electron chi connectivity index (χ3n) is 7.74. The van der Waals surface area contributed by atoms with Gasteiger partial charge in [-0.2, -0.15) is 0 Å². The summed E-state index contributed by atoms with van der Waals surface area (Å²) in [6, 6.07) is 24.8. The minimum Gasteiger partial charge on any atom is -0.383 e. The van der Waals surface area contributed by atoms with Crippen molar-refractivity contribution in [2.24, 2.45) is 21.1 Å². The number of methoxy groups -OCH3 is 1. The Kier molecular flexibility index (Phi) is 7.43. The number of hydrogen-bond acceptors (Lipinski definition) is 6. The topological polar surface area (TPSA) is 69.2 Å². The lowest BCUT2D eigenvalue weighted by Gasteiger charge is -2.24. The van der Waals surface area contributed by atoms with Crippen LogP contribution < -0.4 is 0 Å². The summed E-state index contributed by atoms with van der Waals surface area (Å²) in [6.07, 6.45) is 4.29. The maximum absolute atomic E-state index is 5.45. The number of hydrogen-bond donors (Lipinski definition) is 0. The number of nitrogens with zero attached hydrogens (tertiary/aromatic N) is 8. The lowest BCUT2D eigenvalue weighted by Crippen LogP contribution is -2.26. The summed E-state index contributed by atoms with van der Waals surface area (Å²) in [7, 11) is 7.98. The highest BCUT2D eigenvalue weighted by molar-refractivity contribution is 5.77. The first-order valence-electron chi connectivity index (χ1n) is 13.9. The molecular weight excluding hydrogens is 512 g/mol. The van der Waals surface area contributed by atoms with Crippen molar-refractivity contribution in [2.45, 2.75) is 19.6 Å². The van der Waals surface area contributed by atoms with Crippen LogP contribution in [0.3, 0.4) is 0 Å². The van der Waals surface area contributed by atoms with Gasteiger partial charge < -0.3 is 28.2 Å². The highest BCUT2D eigenvalue weighted by Gasteiger charge is 2.16. The zero-order valence-electron chi connectivity index (χ0n) is 24.1.